The molecule has 1 saturated carbocycles. The van der Waals surface area contributed by atoms with Crippen molar-refractivity contribution in [1.82, 2.24) is 10.3 Å². The number of nitrogens with zero attached hydrogens (tertiary/aromatic N) is 1. The summed E-state index contributed by atoms with van der Waals surface area (Å²) in [5, 5.41) is 4.17. The summed E-state index contributed by atoms with van der Waals surface area (Å²) in [7, 11) is 0. The Kier molecular flexibility index (Phi) is 4.73. The third-order valence-electron chi connectivity index (χ3n) is 3.54. The number of para-hydroxylation sites is 1. The molecule has 1 fully saturated rings. The molecule has 1 aromatic carbocycles. The third kappa shape index (κ3) is 4.19. The van der Waals surface area contributed by atoms with Crippen molar-refractivity contribution in [1.29, 1.82) is 0 Å². The maximum atomic E-state index is 6.27. The van der Waals surface area contributed by atoms with Gasteiger partial charge >= 0.3 is 0 Å². The normalized spacial score (nSPS) is 14.1. The molecular formula is C17H19ClN2O. The highest BCUT2D eigenvalue weighted by atomic mass is 35.5. The highest BCUT2D eigenvalue weighted by molar-refractivity contribution is 6.32. The number of pyridine rings is 1. The number of nitrogens with one attached hydrogen (secondary N) is 1. The lowest BCUT2D eigenvalue weighted by Crippen LogP contribution is -2.16. The number of benzene rings is 1. The summed E-state index contributed by atoms with van der Waals surface area (Å²) in [6.45, 7) is 1.39. The van der Waals surface area contributed by atoms with Crippen molar-refractivity contribution in [3.8, 4) is 5.75 Å². The molecule has 0 saturated heterocycles. The number of rotatable bonds is 7. The van der Waals surface area contributed by atoms with Crippen molar-refractivity contribution in [3.63, 3.8) is 0 Å². The number of halogens is 1. The molecule has 1 N–H and O–H groups in total. The summed E-state index contributed by atoms with van der Waals surface area (Å²) >= 11 is 6.27. The molecule has 1 aliphatic rings. The molecule has 0 spiro atoms. The fourth-order valence-electron chi connectivity index (χ4n) is 2.20. The zero-order valence-electron chi connectivity index (χ0n) is 11.9. The minimum atomic E-state index is 0.581. The van der Waals surface area contributed by atoms with Crippen molar-refractivity contribution in [2.75, 3.05) is 6.61 Å². The van der Waals surface area contributed by atoms with Gasteiger partial charge in [0.2, 0.25) is 0 Å². The molecule has 3 nitrogen and oxygen atoms in total. The van der Waals surface area contributed by atoms with E-state index in [4.69, 9.17) is 16.3 Å². The summed E-state index contributed by atoms with van der Waals surface area (Å²) in [6, 6.07) is 12.5. The van der Waals surface area contributed by atoms with E-state index in [0.29, 0.717) is 17.7 Å². The fraction of sp³-hybridized carbons (Fsp3) is 0.353. The number of hydrogen-bond acceptors (Lipinski definition) is 3. The van der Waals surface area contributed by atoms with Gasteiger partial charge in [-0.1, -0.05) is 29.8 Å². The first-order chi connectivity index (χ1) is 10.3. The summed E-state index contributed by atoms with van der Waals surface area (Å²) < 4.78 is 5.91. The molecule has 3 rings (SSSR count). The quantitative estimate of drug-likeness (QED) is 0.848. The summed E-state index contributed by atoms with van der Waals surface area (Å²) in [5.41, 5.74) is 2.15. The van der Waals surface area contributed by atoms with Crippen LogP contribution in [0.1, 0.15) is 24.1 Å². The third-order valence-corrected chi connectivity index (χ3v) is 3.84. The van der Waals surface area contributed by atoms with Crippen molar-refractivity contribution in [3.05, 3.63) is 58.9 Å². The van der Waals surface area contributed by atoms with Crippen LogP contribution >= 0.6 is 11.6 Å². The largest absolute Gasteiger partial charge is 0.491 e. The molecule has 0 unspecified atom stereocenters. The summed E-state index contributed by atoms with van der Waals surface area (Å²) in [6.07, 6.45) is 5.13. The van der Waals surface area contributed by atoms with Gasteiger partial charge in [-0.25, -0.2) is 0 Å². The molecule has 2 aromatic rings. The maximum absolute atomic E-state index is 6.27. The lowest BCUT2D eigenvalue weighted by Gasteiger charge is -2.13. The topological polar surface area (TPSA) is 34.1 Å². The zero-order chi connectivity index (χ0) is 14.5. The summed E-state index contributed by atoms with van der Waals surface area (Å²) in [4.78, 5) is 4.30. The van der Waals surface area contributed by atoms with Crippen molar-refractivity contribution in [2.45, 2.75) is 31.8 Å². The molecule has 1 aromatic heterocycles. The van der Waals surface area contributed by atoms with E-state index >= 15 is 0 Å². The second kappa shape index (κ2) is 6.92. The molecule has 0 radical (unpaired) electrons. The fourth-order valence-corrected chi connectivity index (χ4v) is 2.45. The van der Waals surface area contributed by atoms with Crippen LogP contribution in [-0.4, -0.2) is 17.6 Å². The highest BCUT2D eigenvalue weighted by Gasteiger charge is 2.21. The molecule has 1 aliphatic carbocycles. The van der Waals surface area contributed by atoms with Crippen LogP contribution in [0.4, 0.5) is 0 Å². The molecule has 110 valence electrons. The van der Waals surface area contributed by atoms with Gasteiger partial charge in [0.15, 0.2) is 0 Å². The van der Waals surface area contributed by atoms with E-state index in [1.54, 1.807) is 6.20 Å². The van der Waals surface area contributed by atoms with E-state index in [-0.39, 0.29) is 0 Å². The van der Waals surface area contributed by atoms with Crippen molar-refractivity contribution in [2.24, 2.45) is 0 Å². The Morgan fingerprint density at radius 1 is 1.19 bits per heavy atom. The smallest absolute Gasteiger partial charge is 0.142 e. The van der Waals surface area contributed by atoms with Gasteiger partial charge in [-0.15, -0.1) is 0 Å². The van der Waals surface area contributed by atoms with Gasteiger partial charge < -0.3 is 10.1 Å². The maximum Gasteiger partial charge on any atom is 0.142 e. The van der Waals surface area contributed by atoms with Crippen LogP contribution in [0.2, 0.25) is 5.02 Å². The molecule has 1 heterocycles. The Hall–Kier alpha value is -1.58. The van der Waals surface area contributed by atoms with Crippen molar-refractivity contribution >= 4 is 11.6 Å². The van der Waals surface area contributed by atoms with Gasteiger partial charge in [0.25, 0.3) is 0 Å². The first kappa shape index (κ1) is 14.4. The minimum Gasteiger partial charge on any atom is -0.491 e. The van der Waals surface area contributed by atoms with Crippen LogP contribution in [-0.2, 0) is 13.0 Å². The van der Waals surface area contributed by atoms with Gasteiger partial charge in [0.05, 0.1) is 11.6 Å². The van der Waals surface area contributed by atoms with Gasteiger partial charge in [-0.05, 0) is 31.0 Å². The average molecular weight is 303 g/mol. The number of aromatic nitrogens is 1. The number of ether oxygens (including phenoxy) is 1. The minimum absolute atomic E-state index is 0.581. The predicted octanol–water partition coefficient (Wildman–Crippen LogP) is 3.61. The van der Waals surface area contributed by atoms with Crippen LogP contribution in [0.3, 0.4) is 0 Å². The second-order valence-corrected chi connectivity index (χ2v) is 5.71. The molecule has 4 heteroatoms. The Labute approximate surface area is 130 Å². The Morgan fingerprint density at radius 3 is 2.86 bits per heavy atom. The summed E-state index contributed by atoms with van der Waals surface area (Å²) in [5.74, 6) is 0.795. The molecule has 0 aliphatic heterocycles. The van der Waals surface area contributed by atoms with E-state index in [2.05, 4.69) is 16.4 Å². The van der Waals surface area contributed by atoms with E-state index in [1.165, 1.54) is 12.8 Å². The lowest BCUT2D eigenvalue weighted by atomic mass is 10.2. The first-order valence-electron chi connectivity index (χ1n) is 7.36. The SMILES string of the molecule is Clc1cccc(CNC2CC2)c1OCCc1ccccn1. The van der Waals surface area contributed by atoms with E-state index in [9.17, 15) is 0 Å². The number of hydrogen-bond donors (Lipinski definition) is 1. The van der Waals surface area contributed by atoms with Gasteiger partial charge in [0, 0.05) is 36.5 Å². The van der Waals surface area contributed by atoms with Crippen LogP contribution in [0, 0.1) is 0 Å². The van der Waals surface area contributed by atoms with Crippen LogP contribution in [0.25, 0.3) is 0 Å². The van der Waals surface area contributed by atoms with Gasteiger partial charge in [-0.2, -0.15) is 0 Å². The van der Waals surface area contributed by atoms with Gasteiger partial charge in [0.1, 0.15) is 5.75 Å². The molecular weight excluding hydrogens is 284 g/mol. The first-order valence-corrected chi connectivity index (χ1v) is 7.74. The molecule has 0 amide bonds. The van der Waals surface area contributed by atoms with Crippen LogP contribution in [0.5, 0.6) is 5.75 Å². The average Bonchev–Trinajstić information content (AvgIpc) is 3.33. The van der Waals surface area contributed by atoms with Crippen molar-refractivity contribution < 1.29 is 4.74 Å². The Morgan fingerprint density at radius 2 is 2.10 bits per heavy atom. The van der Waals surface area contributed by atoms with E-state index in [1.807, 2.05) is 30.3 Å². The Bertz CT molecular complexity index is 585. The predicted molar refractivity (Wildman–Crippen MR) is 84.7 cm³/mol. The molecule has 0 bridgehead atoms. The van der Waals surface area contributed by atoms with Gasteiger partial charge in [-0.3, -0.25) is 4.98 Å². The lowest BCUT2D eigenvalue weighted by molar-refractivity contribution is 0.316. The molecule has 21 heavy (non-hydrogen) atoms. The Balaban J connectivity index is 1.60. The molecule has 0 atom stereocenters. The van der Waals surface area contributed by atoms with E-state index in [0.717, 1.165) is 30.0 Å². The second-order valence-electron chi connectivity index (χ2n) is 5.30. The standard InChI is InChI=1S/C17H19ClN2O/c18-16-6-3-4-13(12-20-15-7-8-15)17(16)21-11-9-14-5-1-2-10-19-14/h1-6,10,15,20H,7-9,11-12H2. The highest BCUT2D eigenvalue weighted by Crippen LogP contribution is 2.29. The van der Waals surface area contributed by atoms with E-state index < -0.39 is 0 Å². The monoisotopic (exact) mass is 302 g/mol. The van der Waals surface area contributed by atoms with Crippen LogP contribution in [0.15, 0.2) is 42.6 Å². The zero-order valence-corrected chi connectivity index (χ0v) is 12.6. The van der Waals surface area contributed by atoms with Crippen LogP contribution < -0.4 is 10.1 Å².